The summed E-state index contributed by atoms with van der Waals surface area (Å²) in [6.07, 6.45) is 7.30. The molecule has 2 fully saturated rings. The molecule has 2 heterocycles. The van der Waals surface area contributed by atoms with Gasteiger partial charge < -0.3 is 5.32 Å². The summed E-state index contributed by atoms with van der Waals surface area (Å²) in [6, 6.07) is 12.4. The van der Waals surface area contributed by atoms with Gasteiger partial charge in [0.15, 0.2) is 0 Å². The van der Waals surface area contributed by atoms with Crippen molar-refractivity contribution in [3.8, 4) is 0 Å². The van der Waals surface area contributed by atoms with Gasteiger partial charge >= 0.3 is 0 Å². The summed E-state index contributed by atoms with van der Waals surface area (Å²) in [5.74, 6) is 0. The molecule has 1 aromatic carbocycles. The first kappa shape index (κ1) is 13.2. The molecule has 0 spiro atoms. The molecule has 1 aliphatic heterocycles. The van der Waals surface area contributed by atoms with Crippen LogP contribution >= 0.6 is 0 Å². The maximum Gasteiger partial charge on any atom is 0.0702 e. The Morgan fingerprint density at radius 2 is 2.14 bits per heavy atom. The standard InChI is InChI=1S/C18H23N3/c1-3-15-11-14(5-8-18(15)20-10-1)12-21(17-6-7-17)13-16-4-2-9-19-16/h1,3,5,8,10-11,16-17,19H,2,4,6-7,9,12-13H2. The van der Waals surface area contributed by atoms with Crippen molar-refractivity contribution < 1.29 is 0 Å². The Morgan fingerprint density at radius 1 is 1.19 bits per heavy atom. The average Bonchev–Trinajstić information content (AvgIpc) is 3.24. The molecule has 2 aromatic rings. The summed E-state index contributed by atoms with van der Waals surface area (Å²) < 4.78 is 0. The molecule has 0 radical (unpaired) electrons. The van der Waals surface area contributed by atoms with Gasteiger partial charge in [-0.3, -0.25) is 9.88 Å². The Bertz CT molecular complexity index is 615. The van der Waals surface area contributed by atoms with Crippen LogP contribution in [0.5, 0.6) is 0 Å². The molecule has 1 saturated carbocycles. The minimum absolute atomic E-state index is 0.702. The molecule has 110 valence electrons. The predicted octanol–water partition coefficient (Wildman–Crippen LogP) is 2.95. The van der Waals surface area contributed by atoms with E-state index in [1.54, 1.807) is 0 Å². The van der Waals surface area contributed by atoms with Gasteiger partial charge in [-0.1, -0.05) is 12.1 Å². The second-order valence-corrected chi connectivity index (χ2v) is 6.48. The largest absolute Gasteiger partial charge is 0.313 e. The van der Waals surface area contributed by atoms with Crippen LogP contribution in [0.1, 0.15) is 31.2 Å². The van der Waals surface area contributed by atoms with Crippen LogP contribution in [0.3, 0.4) is 0 Å². The Balaban J connectivity index is 1.50. The Labute approximate surface area is 126 Å². The van der Waals surface area contributed by atoms with Crippen LogP contribution in [0.2, 0.25) is 0 Å². The second kappa shape index (κ2) is 5.74. The molecule has 1 aromatic heterocycles. The lowest BCUT2D eigenvalue weighted by Crippen LogP contribution is -2.38. The van der Waals surface area contributed by atoms with E-state index in [9.17, 15) is 0 Å². The molecule has 1 saturated heterocycles. The van der Waals surface area contributed by atoms with Crippen LogP contribution in [0, 0.1) is 0 Å². The number of nitrogens with zero attached hydrogens (tertiary/aromatic N) is 2. The third kappa shape index (κ3) is 3.09. The minimum Gasteiger partial charge on any atom is -0.313 e. The number of aromatic nitrogens is 1. The lowest BCUT2D eigenvalue weighted by molar-refractivity contribution is 0.231. The number of nitrogens with one attached hydrogen (secondary N) is 1. The number of pyridine rings is 1. The van der Waals surface area contributed by atoms with Gasteiger partial charge in [0.05, 0.1) is 5.52 Å². The van der Waals surface area contributed by atoms with E-state index in [1.807, 2.05) is 12.3 Å². The lowest BCUT2D eigenvalue weighted by atomic mass is 10.1. The zero-order chi connectivity index (χ0) is 14.1. The molecule has 0 bridgehead atoms. The van der Waals surface area contributed by atoms with Gasteiger partial charge in [0, 0.05) is 36.8 Å². The lowest BCUT2D eigenvalue weighted by Gasteiger charge is -2.25. The fourth-order valence-electron chi connectivity index (χ4n) is 3.44. The SMILES string of the molecule is c1cnc2ccc(CN(CC3CCCN3)C3CC3)cc2c1. The molecule has 4 rings (SSSR count). The molecule has 3 nitrogen and oxygen atoms in total. The minimum atomic E-state index is 0.702. The molecule has 1 atom stereocenters. The van der Waals surface area contributed by atoms with E-state index in [0.29, 0.717) is 6.04 Å². The van der Waals surface area contributed by atoms with Gasteiger partial charge in [-0.2, -0.15) is 0 Å². The molecule has 2 aliphatic rings. The highest BCUT2D eigenvalue weighted by Crippen LogP contribution is 2.29. The Hall–Kier alpha value is -1.45. The normalized spacial score (nSPS) is 22.2. The predicted molar refractivity (Wildman–Crippen MR) is 86.2 cm³/mol. The summed E-state index contributed by atoms with van der Waals surface area (Å²) in [5.41, 5.74) is 2.51. The van der Waals surface area contributed by atoms with E-state index < -0.39 is 0 Å². The first-order valence-corrected chi connectivity index (χ1v) is 8.19. The van der Waals surface area contributed by atoms with Crippen LogP contribution in [0.25, 0.3) is 10.9 Å². The summed E-state index contributed by atoms with van der Waals surface area (Å²) in [4.78, 5) is 7.09. The highest BCUT2D eigenvalue weighted by molar-refractivity contribution is 5.78. The first-order chi connectivity index (χ1) is 10.4. The summed E-state index contributed by atoms with van der Waals surface area (Å²) in [5, 5.41) is 4.89. The molecule has 1 N–H and O–H groups in total. The van der Waals surface area contributed by atoms with Gasteiger partial charge in [0.2, 0.25) is 0 Å². The quantitative estimate of drug-likeness (QED) is 0.913. The third-order valence-electron chi connectivity index (χ3n) is 4.73. The van der Waals surface area contributed by atoms with Gasteiger partial charge in [-0.15, -0.1) is 0 Å². The van der Waals surface area contributed by atoms with Gasteiger partial charge in [0.25, 0.3) is 0 Å². The van der Waals surface area contributed by atoms with Crippen molar-refractivity contribution in [1.82, 2.24) is 15.2 Å². The molecular formula is C18H23N3. The molecule has 1 unspecified atom stereocenters. The zero-order valence-corrected chi connectivity index (χ0v) is 12.5. The number of hydrogen-bond donors (Lipinski definition) is 1. The van der Waals surface area contributed by atoms with Crippen molar-refractivity contribution in [2.24, 2.45) is 0 Å². The summed E-state index contributed by atoms with van der Waals surface area (Å²) in [7, 11) is 0. The first-order valence-electron chi connectivity index (χ1n) is 8.19. The number of fused-ring (bicyclic) bond motifs is 1. The summed E-state index contributed by atoms with van der Waals surface area (Å²) in [6.45, 7) is 3.48. The van der Waals surface area contributed by atoms with Crippen LogP contribution < -0.4 is 5.32 Å². The van der Waals surface area contributed by atoms with E-state index in [-0.39, 0.29) is 0 Å². The number of benzene rings is 1. The van der Waals surface area contributed by atoms with Crippen molar-refractivity contribution in [3.05, 3.63) is 42.1 Å². The third-order valence-corrected chi connectivity index (χ3v) is 4.73. The van der Waals surface area contributed by atoms with E-state index in [1.165, 1.54) is 49.7 Å². The molecule has 0 amide bonds. The van der Waals surface area contributed by atoms with E-state index >= 15 is 0 Å². The monoisotopic (exact) mass is 281 g/mol. The van der Waals surface area contributed by atoms with Gasteiger partial charge in [-0.25, -0.2) is 0 Å². The van der Waals surface area contributed by atoms with E-state index in [2.05, 4.69) is 39.5 Å². The molecule has 21 heavy (non-hydrogen) atoms. The fourth-order valence-corrected chi connectivity index (χ4v) is 3.44. The Morgan fingerprint density at radius 3 is 2.95 bits per heavy atom. The van der Waals surface area contributed by atoms with Gasteiger partial charge in [0.1, 0.15) is 0 Å². The summed E-state index contributed by atoms with van der Waals surface area (Å²) >= 11 is 0. The highest BCUT2D eigenvalue weighted by atomic mass is 15.2. The van der Waals surface area contributed by atoms with Crippen molar-refractivity contribution in [2.45, 2.75) is 44.3 Å². The van der Waals surface area contributed by atoms with Crippen LogP contribution in [0.4, 0.5) is 0 Å². The van der Waals surface area contributed by atoms with Crippen molar-refractivity contribution in [1.29, 1.82) is 0 Å². The van der Waals surface area contributed by atoms with Crippen LogP contribution in [0.15, 0.2) is 36.5 Å². The Kier molecular flexibility index (Phi) is 3.62. The molecular weight excluding hydrogens is 258 g/mol. The topological polar surface area (TPSA) is 28.2 Å². The van der Waals surface area contributed by atoms with E-state index in [4.69, 9.17) is 0 Å². The van der Waals surface area contributed by atoms with Crippen molar-refractivity contribution in [2.75, 3.05) is 13.1 Å². The van der Waals surface area contributed by atoms with Crippen molar-refractivity contribution >= 4 is 10.9 Å². The fraction of sp³-hybridized carbons (Fsp3) is 0.500. The maximum absolute atomic E-state index is 4.41. The molecule has 3 heteroatoms. The zero-order valence-electron chi connectivity index (χ0n) is 12.5. The number of hydrogen-bond acceptors (Lipinski definition) is 3. The van der Waals surface area contributed by atoms with Crippen molar-refractivity contribution in [3.63, 3.8) is 0 Å². The highest BCUT2D eigenvalue weighted by Gasteiger charge is 2.31. The average molecular weight is 281 g/mol. The van der Waals surface area contributed by atoms with Crippen LogP contribution in [-0.4, -0.2) is 35.1 Å². The number of rotatable bonds is 5. The maximum atomic E-state index is 4.41. The van der Waals surface area contributed by atoms with E-state index in [0.717, 1.165) is 18.1 Å². The second-order valence-electron chi connectivity index (χ2n) is 6.48. The van der Waals surface area contributed by atoms with Crippen LogP contribution in [-0.2, 0) is 6.54 Å². The van der Waals surface area contributed by atoms with Gasteiger partial charge in [-0.05, 0) is 56.0 Å². The smallest absolute Gasteiger partial charge is 0.0702 e. The molecule has 1 aliphatic carbocycles.